The molecule has 0 aromatic heterocycles. The van der Waals surface area contributed by atoms with E-state index in [4.69, 9.17) is 5.11 Å². The molecular formula is C5H6NiO4. The summed E-state index contributed by atoms with van der Waals surface area (Å²) in [6, 6.07) is 0. The van der Waals surface area contributed by atoms with Crippen LogP contribution in [0.15, 0.2) is 0 Å². The van der Waals surface area contributed by atoms with Crippen LogP contribution in [0.2, 0.25) is 0 Å². The summed E-state index contributed by atoms with van der Waals surface area (Å²) in [5.41, 5.74) is 0. The second kappa shape index (κ2) is 5.12. The fourth-order valence-electron chi connectivity index (χ4n) is 0.302. The minimum absolute atomic E-state index is 0. The summed E-state index contributed by atoms with van der Waals surface area (Å²) >= 11 is 0. The summed E-state index contributed by atoms with van der Waals surface area (Å²) in [5.74, 6) is -3.03. The number of carbonyl (C=O) groups is 3. The van der Waals surface area contributed by atoms with Crippen LogP contribution < -0.4 is 0 Å². The van der Waals surface area contributed by atoms with E-state index < -0.39 is 24.0 Å². The van der Waals surface area contributed by atoms with Crippen molar-refractivity contribution in [2.75, 3.05) is 0 Å². The Balaban J connectivity index is 0. The second-order valence-corrected chi connectivity index (χ2v) is 1.61. The van der Waals surface area contributed by atoms with E-state index in [2.05, 4.69) is 0 Å². The van der Waals surface area contributed by atoms with Crippen molar-refractivity contribution in [3.63, 3.8) is 0 Å². The predicted octanol–water partition coefficient (Wildman–Crippen LogP) is -0.383. The first-order chi connectivity index (χ1) is 4.04. The van der Waals surface area contributed by atoms with Crippen LogP contribution in [-0.4, -0.2) is 22.6 Å². The molecule has 0 saturated carbocycles. The third-order valence-electron chi connectivity index (χ3n) is 0.648. The summed E-state index contributed by atoms with van der Waals surface area (Å²) in [4.78, 5) is 29.9. The van der Waals surface area contributed by atoms with Crippen LogP contribution in [-0.2, 0) is 30.9 Å². The van der Waals surface area contributed by atoms with Crippen LogP contribution in [0.3, 0.4) is 0 Å². The molecule has 0 aliphatic heterocycles. The van der Waals surface area contributed by atoms with Crippen molar-refractivity contribution in [2.45, 2.75) is 13.3 Å². The molecule has 4 nitrogen and oxygen atoms in total. The monoisotopic (exact) mass is 188 g/mol. The summed E-state index contributed by atoms with van der Waals surface area (Å²) in [7, 11) is 0. The molecule has 0 heterocycles. The summed E-state index contributed by atoms with van der Waals surface area (Å²) in [6.45, 7) is 1.17. The smallest absolute Gasteiger partial charge is 0.372 e. The molecule has 0 aromatic rings. The number of Topliss-reactive ketones (excluding diaryl/α,β-unsaturated/α-hetero) is 2. The molecule has 0 aliphatic carbocycles. The van der Waals surface area contributed by atoms with E-state index in [1.807, 2.05) is 0 Å². The van der Waals surface area contributed by atoms with Gasteiger partial charge in [-0.05, 0) is 6.92 Å². The van der Waals surface area contributed by atoms with Crippen LogP contribution >= 0.6 is 0 Å². The van der Waals surface area contributed by atoms with Gasteiger partial charge in [-0.15, -0.1) is 0 Å². The molecule has 0 unspecified atom stereocenters. The summed E-state index contributed by atoms with van der Waals surface area (Å²) < 4.78 is 0. The van der Waals surface area contributed by atoms with Gasteiger partial charge in [0.25, 0.3) is 0 Å². The Hall–Kier alpha value is -0.696. The van der Waals surface area contributed by atoms with Crippen LogP contribution in [0.5, 0.6) is 0 Å². The Morgan fingerprint density at radius 3 is 1.80 bits per heavy atom. The van der Waals surface area contributed by atoms with Crippen LogP contribution in [0.4, 0.5) is 0 Å². The van der Waals surface area contributed by atoms with Gasteiger partial charge in [0.1, 0.15) is 5.78 Å². The average molecular weight is 189 g/mol. The Morgan fingerprint density at radius 2 is 1.70 bits per heavy atom. The van der Waals surface area contributed by atoms with Gasteiger partial charge in [0, 0.05) is 16.5 Å². The molecule has 1 N–H and O–H groups in total. The van der Waals surface area contributed by atoms with Gasteiger partial charge in [-0.25, -0.2) is 4.79 Å². The van der Waals surface area contributed by atoms with E-state index in [9.17, 15) is 14.4 Å². The molecule has 0 aromatic carbocycles. The van der Waals surface area contributed by atoms with Gasteiger partial charge in [0.15, 0.2) is 0 Å². The van der Waals surface area contributed by atoms with Gasteiger partial charge in [0.05, 0.1) is 6.42 Å². The molecule has 0 bridgehead atoms. The van der Waals surface area contributed by atoms with Crippen molar-refractivity contribution in [1.29, 1.82) is 0 Å². The number of carbonyl (C=O) groups excluding carboxylic acids is 2. The quantitative estimate of drug-likeness (QED) is 0.372. The number of hydrogen-bond acceptors (Lipinski definition) is 3. The maximum absolute atomic E-state index is 10.1. The summed E-state index contributed by atoms with van der Waals surface area (Å²) in [5, 5.41) is 7.93. The number of carboxylic acid groups (broad SMARTS) is 1. The first-order valence-electron chi connectivity index (χ1n) is 2.29. The number of hydrogen-bond donors (Lipinski definition) is 1. The number of aliphatic carboxylic acids is 1. The fourth-order valence-corrected chi connectivity index (χ4v) is 0.302. The number of ketones is 2. The summed E-state index contributed by atoms with van der Waals surface area (Å²) in [6.07, 6.45) is -0.505. The molecule has 0 rings (SSSR count). The minimum atomic E-state index is -1.55. The molecule has 0 amide bonds. The number of carboxylic acids is 1. The molecule has 0 atom stereocenters. The standard InChI is InChI=1S/C5H6O4.Ni/c1-3(6)2-4(7)5(8)9;/h2H2,1H3,(H,8,9);. The topological polar surface area (TPSA) is 71.4 Å². The SMILES string of the molecule is CC(=O)CC(=O)C(=O)O.[Ni]. The zero-order valence-electron chi connectivity index (χ0n) is 5.20. The van der Waals surface area contributed by atoms with Crippen molar-refractivity contribution in [3.8, 4) is 0 Å². The molecule has 60 valence electrons. The Labute approximate surface area is 67.5 Å². The van der Waals surface area contributed by atoms with E-state index in [1.54, 1.807) is 0 Å². The van der Waals surface area contributed by atoms with Gasteiger partial charge >= 0.3 is 5.97 Å². The first-order valence-corrected chi connectivity index (χ1v) is 2.29. The van der Waals surface area contributed by atoms with Crippen LogP contribution in [0, 0.1) is 0 Å². The molecule has 0 aliphatic rings. The van der Waals surface area contributed by atoms with E-state index in [0.29, 0.717) is 0 Å². The third kappa shape index (κ3) is 5.44. The zero-order chi connectivity index (χ0) is 7.44. The van der Waals surface area contributed by atoms with Crippen LogP contribution in [0.1, 0.15) is 13.3 Å². The van der Waals surface area contributed by atoms with E-state index in [0.717, 1.165) is 0 Å². The number of rotatable bonds is 3. The van der Waals surface area contributed by atoms with Crippen molar-refractivity contribution in [2.24, 2.45) is 0 Å². The maximum Gasteiger partial charge on any atom is 0.372 e. The molecule has 0 fully saturated rings. The third-order valence-corrected chi connectivity index (χ3v) is 0.648. The zero-order valence-corrected chi connectivity index (χ0v) is 6.18. The van der Waals surface area contributed by atoms with Crippen molar-refractivity contribution >= 4 is 17.5 Å². The first kappa shape index (κ1) is 12.0. The van der Waals surface area contributed by atoms with Gasteiger partial charge in [-0.1, -0.05) is 0 Å². The van der Waals surface area contributed by atoms with Gasteiger partial charge < -0.3 is 5.11 Å². The molecule has 10 heavy (non-hydrogen) atoms. The van der Waals surface area contributed by atoms with E-state index >= 15 is 0 Å². The second-order valence-electron chi connectivity index (χ2n) is 1.61. The normalized spacial score (nSPS) is 7.70. The van der Waals surface area contributed by atoms with Crippen molar-refractivity contribution < 1.29 is 36.0 Å². The molecular weight excluding hydrogens is 183 g/mol. The maximum atomic E-state index is 10.1. The minimum Gasteiger partial charge on any atom is -0.475 e. The van der Waals surface area contributed by atoms with Gasteiger partial charge in [0.2, 0.25) is 5.78 Å². The Morgan fingerprint density at radius 1 is 1.30 bits per heavy atom. The van der Waals surface area contributed by atoms with Crippen LogP contribution in [0.25, 0.3) is 0 Å². The fraction of sp³-hybridized carbons (Fsp3) is 0.400. The molecule has 0 saturated heterocycles. The van der Waals surface area contributed by atoms with Gasteiger partial charge in [-0.2, -0.15) is 0 Å². The van der Waals surface area contributed by atoms with Crippen molar-refractivity contribution in [1.82, 2.24) is 0 Å². The molecule has 0 spiro atoms. The van der Waals surface area contributed by atoms with Gasteiger partial charge in [-0.3, -0.25) is 9.59 Å². The van der Waals surface area contributed by atoms with E-state index in [1.165, 1.54) is 6.92 Å². The van der Waals surface area contributed by atoms with E-state index in [-0.39, 0.29) is 16.5 Å². The average Bonchev–Trinajstić information content (AvgIpc) is 1.63. The molecule has 5 heteroatoms. The largest absolute Gasteiger partial charge is 0.475 e. The molecule has 0 radical (unpaired) electrons. The Kier molecular flexibility index (Phi) is 6.15. The Bertz CT molecular complexity index is 163. The predicted molar refractivity (Wildman–Crippen MR) is 27.9 cm³/mol. The van der Waals surface area contributed by atoms with Crippen molar-refractivity contribution in [3.05, 3.63) is 0 Å².